The Labute approximate surface area is 57.4 Å². The highest BCUT2D eigenvalue weighted by Crippen LogP contribution is 1.98. The van der Waals surface area contributed by atoms with E-state index < -0.39 is 0 Å². The maximum Gasteiger partial charge on any atom is 0.0764 e. The van der Waals surface area contributed by atoms with E-state index in [1.54, 1.807) is 23.3 Å². The van der Waals surface area contributed by atoms with Crippen LogP contribution in [0, 0.1) is 5.41 Å². The third-order valence-corrected chi connectivity index (χ3v) is 1.07. The van der Waals surface area contributed by atoms with Crippen LogP contribution in [0.2, 0.25) is 0 Å². The molecule has 0 radical (unpaired) electrons. The van der Waals surface area contributed by atoms with E-state index in [1.807, 2.05) is 0 Å². The van der Waals surface area contributed by atoms with Crippen molar-refractivity contribution in [3.8, 4) is 0 Å². The molecule has 1 heterocycles. The zero-order valence-electron chi connectivity index (χ0n) is 4.63. The summed E-state index contributed by atoms with van der Waals surface area (Å²) < 4.78 is 1.66. The van der Waals surface area contributed by atoms with Gasteiger partial charge in [-0.15, -0.1) is 0 Å². The number of allylic oxidation sites excluding steroid dienone is 1. The van der Waals surface area contributed by atoms with E-state index in [4.69, 9.17) is 17.0 Å². The summed E-state index contributed by atoms with van der Waals surface area (Å²) in [4.78, 5) is 0. The first-order valence-corrected chi connectivity index (χ1v) is 2.79. The molecule has 0 atom stereocenters. The zero-order valence-corrected chi connectivity index (χ0v) is 5.39. The van der Waals surface area contributed by atoms with Crippen molar-refractivity contribution in [3.05, 3.63) is 17.4 Å². The second-order valence-electron chi connectivity index (χ2n) is 1.51. The summed E-state index contributed by atoms with van der Waals surface area (Å²) in [6, 6.07) is 0. The first-order valence-electron chi connectivity index (χ1n) is 2.42. The van der Waals surface area contributed by atoms with Gasteiger partial charge in [0.1, 0.15) is 0 Å². The van der Waals surface area contributed by atoms with Gasteiger partial charge in [0.05, 0.1) is 5.03 Å². The van der Waals surface area contributed by atoms with Crippen LogP contribution in [0.25, 0.3) is 6.20 Å². The minimum atomic E-state index is 0.395. The third kappa shape index (κ3) is 1.47. The summed E-state index contributed by atoms with van der Waals surface area (Å²) in [5.74, 6) is 0. The molecule has 0 aliphatic heterocycles. The number of nitrogens with one attached hydrogen (secondary N) is 2. The Hall–Kier alpha value is -0.960. The first kappa shape index (κ1) is 6.16. The number of rotatable bonds is 2. The zero-order chi connectivity index (χ0) is 6.69. The molecule has 0 unspecified atom stereocenters. The lowest BCUT2D eigenvalue weighted by molar-refractivity contribution is 0.829. The van der Waals surface area contributed by atoms with E-state index in [0.717, 1.165) is 6.21 Å². The summed E-state index contributed by atoms with van der Waals surface area (Å²) in [7, 11) is 0. The van der Waals surface area contributed by atoms with Crippen molar-refractivity contribution in [2.45, 2.75) is 0 Å². The highest BCUT2D eigenvalue weighted by Gasteiger charge is 1.85. The number of hydrogen-bond donors (Lipinski definition) is 2. The Kier molecular flexibility index (Phi) is 1.75. The minimum Gasteiger partial charge on any atom is -0.307 e. The van der Waals surface area contributed by atoms with Crippen LogP contribution in [0.15, 0.2) is 17.4 Å². The van der Waals surface area contributed by atoms with Crippen LogP contribution in [0.1, 0.15) is 0 Å². The van der Waals surface area contributed by atoms with E-state index in [-0.39, 0.29) is 0 Å². The summed E-state index contributed by atoms with van der Waals surface area (Å²) >= 11 is 5.48. The van der Waals surface area contributed by atoms with E-state index in [2.05, 4.69) is 5.10 Å². The Balaban J connectivity index is 2.64. The largest absolute Gasteiger partial charge is 0.307 e. The van der Waals surface area contributed by atoms with Crippen LogP contribution in [0.5, 0.6) is 0 Å². The van der Waals surface area contributed by atoms with Crippen LogP contribution in [-0.4, -0.2) is 16.0 Å². The smallest absolute Gasteiger partial charge is 0.0764 e. The summed E-state index contributed by atoms with van der Waals surface area (Å²) in [5.41, 5.74) is 0. The lowest BCUT2D eigenvalue weighted by atomic mass is 10.6. The molecule has 0 spiro atoms. The molecule has 0 bridgehead atoms. The lowest BCUT2D eigenvalue weighted by Gasteiger charge is -2.01. The standard InChI is InChI=1S/C5H6ClN3/c6-5(3-7)4-9-2-1-8-9/h1-4,7-8H/b5-4+,7-3?. The van der Waals surface area contributed by atoms with Crippen molar-refractivity contribution in [2.24, 2.45) is 0 Å². The fraction of sp³-hybridized carbons (Fsp3) is 0. The van der Waals surface area contributed by atoms with Crippen LogP contribution in [-0.2, 0) is 0 Å². The molecular weight excluding hydrogens is 138 g/mol. The molecule has 3 nitrogen and oxygen atoms in total. The monoisotopic (exact) mass is 143 g/mol. The van der Waals surface area contributed by atoms with Gasteiger partial charge in [0.25, 0.3) is 0 Å². The van der Waals surface area contributed by atoms with E-state index >= 15 is 0 Å². The molecule has 9 heavy (non-hydrogen) atoms. The molecule has 0 fully saturated rings. The van der Waals surface area contributed by atoms with Gasteiger partial charge in [-0.1, -0.05) is 11.6 Å². The number of hydrogen-bond acceptors (Lipinski definition) is 1. The Morgan fingerprint density at radius 1 is 1.78 bits per heavy atom. The number of H-pyrrole nitrogens is 1. The molecule has 0 aliphatic rings. The molecule has 0 saturated heterocycles. The molecule has 1 rings (SSSR count). The van der Waals surface area contributed by atoms with Crippen molar-refractivity contribution in [1.82, 2.24) is 9.78 Å². The first-order chi connectivity index (χ1) is 4.33. The van der Waals surface area contributed by atoms with Crippen LogP contribution >= 0.6 is 11.6 Å². The van der Waals surface area contributed by atoms with Gasteiger partial charge in [0.15, 0.2) is 0 Å². The summed E-state index contributed by atoms with van der Waals surface area (Å²) in [6.45, 7) is 0. The van der Waals surface area contributed by atoms with E-state index in [0.29, 0.717) is 5.03 Å². The second kappa shape index (κ2) is 2.55. The van der Waals surface area contributed by atoms with Crippen molar-refractivity contribution in [2.75, 3.05) is 0 Å². The highest BCUT2D eigenvalue weighted by molar-refractivity contribution is 6.40. The number of halogens is 1. The van der Waals surface area contributed by atoms with Gasteiger partial charge in [0.2, 0.25) is 0 Å². The van der Waals surface area contributed by atoms with Gasteiger partial charge in [-0.3, -0.25) is 4.68 Å². The third-order valence-electron chi connectivity index (χ3n) is 0.859. The average molecular weight is 144 g/mol. The van der Waals surface area contributed by atoms with Crippen molar-refractivity contribution in [1.29, 1.82) is 5.41 Å². The molecule has 48 valence electrons. The molecule has 1 aromatic rings. The molecule has 0 aliphatic carbocycles. The Morgan fingerprint density at radius 2 is 2.44 bits per heavy atom. The van der Waals surface area contributed by atoms with E-state index in [1.165, 1.54) is 0 Å². The van der Waals surface area contributed by atoms with Gasteiger partial charge in [-0.05, 0) is 0 Å². The molecular formula is C5H6ClN3. The Morgan fingerprint density at radius 3 is 2.78 bits per heavy atom. The molecule has 0 amide bonds. The second-order valence-corrected chi connectivity index (χ2v) is 1.95. The van der Waals surface area contributed by atoms with Crippen molar-refractivity contribution in [3.63, 3.8) is 0 Å². The van der Waals surface area contributed by atoms with Crippen LogP contribution in [0.3, 0.4) is 0 Å². The molecule has 0 aromatic carbocycles. The molecule has 0 saturated carbocycles. The van der Waals surface area contributed by atoms with Gasteiger partial charge in [-0.2, -0.15) is 0 Å². The maximum atomic E-state index is 6.70. The quantitative estimate of drug-likeness (QED) is 0.590. The average Bonchev–Trinajstić information content (AvgIpc) is 1.78. The fourth-order valence-electron chi connectivity index (χ4n) is 0.411. The van der Waals surface area contributed by atoms with Crippen molar-refractivity contribution < 1.29 is 0 Å². The molecule has 4 heteroatoms. The van der Waals surface area contributed by atoms with Gasteiger partial charge in [-0.25, -0.2) is 0 Å². The predicted molar refractivity (Wildman–Crippen MR) is 37.7 cm³/mol. The van der Waals surface area contributed by atoms with Crippen LogP contribution in [0.4, 0.5) is 0 Å². The minimum absolute atomic E-state index is 0.395. The van der Waals surface area contributed by atoms with Gasteiger partial charge >= 0.3 is 0 Å². The molecule has 1 aromatic heterocycles. The maximum absolute atomic E-state index is 6.70. The number of aromatic nitrogens is 2. The SMILES string of the molecule is N=C/C(Cl)=C\n1cc[nH]1. The van der Waals surface area contributed by atoms with Gasteiger partial charge < -0.3 is 10.5 Å². The van der Waals surface area contributed by atoms with Crippen molar-refractivity contribution >= 4 is 24.0 Å². The fourth-order valence-corrected chi connectivity index (χ4v) is 0.516. The van der Waals surface area contributed by atoms with Gasteiger partial charge in [0, 0.05) is 24.8 Å². The topological polar surface area (TPSA) is 44.6 Å². The normalized spacial score (nSPS) is 11.9. The number of aromatic amines is 1. The van der Waals surface area contributed by atoms with E-state index in [9.17, 15) is 0 Å². The lowest BCUT2D eigenvalue weighted by Crippen LogP contribution is -1.97. The number of nitrogens with zero attached hydrogens (tertiary/aromatic N) is 1. The van der Waals surface area contributed by atoms with Crippen LogP contribution < -0.4 is 0 Å². The summed E-state index contributed by atoms with van der Waals surface area (Å²) in [6.07, 6.45) is 6.25. The highest BCUT2D eigenvalue weighted by atomic mass is 35.5. The Bertz CT molecular complexity index is 211. The molecule has 2 N–H and O–H groups in total. The summed E-state index contributed by atoms with van der Waals surface area (Å²) in [5, 5.41) is 9.89. The predicted octanol–water partition coefficient (Wildman–Crippen LogP) is 1.50.